The van der Waals surface area contributed by atoms with Crippen LogP contribution in [0.1, 0.15) is 25.7 Å². The summed E-state index contributed by atoms with van der Waals surface area (Å²) in [4.78, 5) is 16.9. The predicted molar refractivity (Wildman–Crippen MR) is 72.7 cm³/mol. The molecule has 19 heavy (non-hydrogen) atoms. The molecule has 3 fully saturated rings. The van der Waals surface area contributed by atoms with Gasteiger partial charge in [-0.25, -0.2) is 0 Å². The zero-order valence-corrected chi connectivity index (χ0v) is 11.6. The maximum atomic E-state index is 12.4. The van der Waals surface area contributed by atoms with Crippen molar-refractivity contribution in [1.29, 1.82) is 0 Å². The van der Waals surface area contributed by atoms with E-state index in [1.54, 1.807) is 0 Å². The second-order valence-electron chi connectivity index (χ2n) is 6.11. The highest BCUT2D eigenvalue weighted by atomic mass is 16.5. The van der Waals surface area contributed by atoms with Crippen LogP contribution in [0.15, 0.2) is 0 Å². The summed E-state index contributed by atoms with van der Waals surface area (Å²) in [6.07, 6.45) is 5.43. The number of amides is 1. The van der Waals surface area contributed by atoms with Gasteiger partial charge in [0.2, 0.25) is 5.91 Å². The summed E-state index contributed by atoms with van der Waals surface area (Å²) in [7, 11) is 0. The standard InChI is InChI=1S/C14H25N3O2/c15-13-10-19-9-12(13)14(18)17-7-5-16(6-8-17)11-3-1-2-4-11/h11-13H,1-10,15H2. The lowest BCUT2D eigenvalue weighted by molar-refractivity contribution is -0.137. The van der Waals surface area contributed by atoms with E-state index in [4.69, 9.17) is 10.5 Å². The van der Waals surface area contributed by atoms with Gasteiger partial charge in [-0.3, -0.25) is 9.69 Å². The second kappa shape index (κ2) is 5.77. The normalized spacial score (nSPS) is 34.1. The Morgan fingerprint density at radius 3 is 2.32 bits per heavy atom. The fourth-order valence-corrected chi connectivity index (χ4v) is 3.64. The first-order valence-electron chi connectivity index (χ1n) is 7.62. The van der Waals surface area contributed by atoms with Gasteiger partial charge in [-0.15, -0.1) is 0 Å². The Labute approximate surface area is 115 Å². The topological polar surface area (TPSA) is 58.8 Å². The van der Waals surface area contributed by atoms with Crippen molar-refractivity contribution in [3.8, 4) is 0 Å². The van der Waals surface area contributed by atoms with Crippen molar-refractivity contribution in [3.63, 3.8) is 0 Å². The average molecular weight is 267 g/mol. The molecule has 3 aliphatic rings. The number of carbonyl (C=O) groups is 1. The lowest BCUT2D eigenvalue weighted by Crippen LogP contribution is -2.54. The van der Waals surface area contributed by atoms with E-state index in [9.17, 15) is 4.79 Å². The number of piperazine rings is 1. The summed E-state index contributed by atoms with van der Waals surface area (Å²) in [6, 6.07) is 0.662. The summed E-state index contributed by atoms with van der Waals surface area (Å²) >= 11 is 0. The molecule has 1 aliphatic carbocycles. The van der Waals surface area contributed by atoms with Crippen LogP contribution < -0.4 is 5.73 Å². The van der Waals surface area contributed by atoms with Crippen molar-refractivity contribution >= 4 is 5.91 Å². The molecule has 0 aromatic rings. The number of nitrogens with zero attached hydrogens (tertiary/aromatic N) is 2. The second-order valence-corrected chi connectivity index (χ2v) is 6.11. The van der Waals surface area contributed by atoms with E-state index in [2.05, 4.69) is 4.90 Å². The SMILES string of the molecule is NC1COCC1C(=O)N1CCN(C2CCCC2)CC1. The molecule has 2 heterocycles. The third kappa shape index (κ3) is 2.78. The van der Waals surface area contributed by atoms with Crippen LogP contribution in [0, 0.1) is 5.92 Å². The first-order chi connectivity index (χ1) is 9.25. The van der Waals surface area contributed by atoms with Gasteiger partial charge in [0, 0.05) is 38.3 Å². The summed E-state index contributed by atoms with van der Waals surface area (Å²) in [5, 5.41) is 0. The molecule has 0 spiro atoms. The van der Waals surface area contributed by atoms with Gasteiger partial charge in [-0.05, 0) is 12.8 Å². The first kappa shape index (κ1) is 13.3. The first-order valence-corrected chi connectivity index (χ1v) is 7.62. The molecule has 0 aromatic heterocycles. The Hall–Kier alpha value is -0.650. The average Bonchev–Trinajstić information content (AvgIpc) is 3.09. The van der Waals surface area contributed by atoms with Gasteiger partial charge < -0.3 is 15.4 Å². The molecule has 2 unspecified atom stereocenters. The molecule has 5 nitrogen and oxygen atoms in total. The highest BCUT2D eigenvalue weighted by Crippen LogP contribution is 2.25. The van der Waals surface area contributed by atoms with Crippen molar-refractivity contribution in [2.45, 2.75) is 37.8 Å². The van der Waals surface area contributed by atoms with Crippen LogP contribution >= 0.6 is 0 Å². The minimum absolute atomic E-state index is 0.111. The predicted octanol–water partition coefficient (Wildman–Crippen LogP) is 0.0469. The molecule has 1 amide bonds. The molecule has 1 saturated carbocycles. The number of rotatable bonds is 2. The minimum Gasteiger partial charge on any atom is -0.379 e. The number of carbonyl (C=O) groups excluding carboxylic acids is 1. The fourth-order valence-electron chi connectivity index (χ4n) is 3.64. The molecule has 2 saturated heterocycles. The van der Waals surface area contributed by atoms with Gasteiger partial charge in [0.1, 0.15) is 0 Å². The molecule has 2 N–H and O–H groups in total. The maximum Gasteiger partial charge on any atom is 0.229 e. The Kier molecular flexibility index (Phi) is 4.05. The van der Waals surface area contributed by atoms with Crippen LogP contribution in [-0.4, -0.2) is 67.2 Å². The molecule has 2 aliphatic heterocycles. The number of hydrogen-bond donors (Lipinski definition) is 1. The molecular weight excluding hydrogens is 242 g/mol. The van der Waals surface area contributed by atoms with Gasteiger partial charge >= 0.3 is 0 Å². The zero-order chi connectivity index (χ0) is 13.2. The molecule has 0 radical (unpaired) electrons. The van der Waals surface area contributed by atoms with Crippen molar-refractivity contribution in [3.05, 3.63) is 0 Å². The van der Waals surface area contributed by atoms with Crippen LogP contribution in [0.5, 0.6) is 0 Å². The van der Waals surface area contributed by atoms with Crippen LogP contribution in [0.4, 0.5) is 0 Å². The molecule has 2 atom stereocenters. The molecule has 0 bridgehead atoms. The zero-order valence-electron chi connectivity index (χ0n) is 11.6. The van der Waals surface area contributed by atoms with E-state index in [1.165, 1.54) is 25.7 Å². The lowest BCUT2D eigenvalue weighted by Gasteiger charge is -2.39. The molecule has 5 heteroatoms. The molecule has 0 aromatic carbocycles. The van der Waals surface area contributed by atoms with Crippen molar-refractivity contribution in [1.82, 2.24) is 9.80 Å². The van der Waals surface area contributed by atoms with Gasteiger partial charge in [-0.1, -0.05) is 12.8 Å². The molecule has 108 valence electrons. The summed E-state index contributed by atoms with van der Waals surface area (Å²) in [5.74, 6) is 0.0918. The summed E-state index contributed by atoms with van der Waals surface area (Å²) in [5.41, 5.74) is 5.93. The largest absolute Gasteiger partial charge is 0.379 e. The van der Waals surface area contributed by atoms with E-state index in [0.717, 1.165) is 32.2 Å². The van der Waals surface area contributed by atoms with Gasteiger partial charge in [0.15, 0.2) is 0 Å². The summed E-state index contributed by atoms with van der Waals surface area (Å²) in [6.45, 7) is 4.80. The minimum atomic E-state index is -0.113. The van der Waals surface area contributed by atoms with Gasteiger partial charge in [0.25, 0.3) is 0 Å². The van der Waals surface area contributed by atoms with E-state index in [0.29, 0.717) is 13.2 Å². The lowest BCUT2D eigenvalue weighted by atomic mass is 10.0. The van der Waals surface area contributed by atoms with Crippen LogP contribution in [0.2, 0.25) is 0 Å². The summed E-state index contributed by atoms with van der Waals surface area (Å²) < 4.78 is 5.30. The monoisotopic (exact) mass is 267 g/mol. The van der Waals surface area contributed by atoms with E-state index < -0.39 is 0 Å². The third-order valence-corrected chi connectivity index (χ3v) is 4.91. The van der Waals surface area contributed by atoms with Crippen molar-refractivity contribution in [2.75, 3.05) is 39.4 Å². The van der Waals surface area contributed by atoms with Gasteiger partial charge in [0.05, 0.1) is 19.1 Å². The Morgan fingerprint density at radius 1 is 1.05 bits per heavy atom. The smallest absolute Gasteiger partial charge is 0.229 e. The van der Waals surface area contributed by atoms with Crippen LogP contribution in [-0.2, 0) is 9.53 Å². The van der Waals surface area contributed by atoms with Crippen LogP contribution in [0.3, 0.4) is 0 Å². The Bertz CT molecular complexity index is 323. The van der Waals surface area contributed by atoms with Crippen LogP contribution in [0.25, 0.3) is 0 Å². The van der Waals surface area contributed by atoms with Gasteiger partial charge in [-0.2, -0.15) is 0 Å². The van der Waals surface area contributed by atoms with Crippen molar-refractivity contribution < 1.29 is 9.53 Å². The van der Waals surface area contributed by atoms with Crippen molar-refractivity contribution in [2.24, 2.45) is 11.7 Å². The number of ether oxygens (including phenoxy) is 1. The van der Waals surface area contributed by atoms with E-state index >= 15 is 0 Å². The third-order valence-electron chi connectivity index (χ3n) is 4.91. The Balaban J connectivity index is 1.50. The number of nitrogens with two attached hydrogens (primary N) is 1. The molecule has 3 rings (SSSR count). The van der Waals surface area contributed by atoms with E-state index in [-0.39, 0.29) is 17.9 Å². The quantitative estimate of drug-likeness (QED) is 0.768. The highest BCUT2D eigenvalue weighted by Gasteiger charge is 2.36. The number of hydrogen-bond acceptors (Lipinski definition) is 4. The fraction of sp³-hybridized carbons (Fsp3) is 0.929. The molecular formula is C14H25N3O2. The van der Waals surface area contributed by atoms with E-state index in [1.807, 2.05) is 4.90 Å². The highest BCUT2D eigenvalue weighted by molar-refractivity contribution is 5.80. The Morgan fingerprint density at radius 2 is 1.74 bits per heavy atom. The maximum absolute atomic E-state index is 12.4.